The van der Waals surface area contributed by atoms with E-state index in [0.29, 0.717) is 31.8 Å². The van der Waals surface area contributed by atoms with Crippen LogP contribution in [-0.4, -0.2) is 46.4 Å². The summed E-state index contributed by atoms with van der Waals surface area (Å²) in [5, 5.41) is 4.80. The standard InChI is InChI=1S/C24H27N3O2/c1-17-4-8-20(9-5-17)15-27-16-22(24(28)26-12-13-29-19(3)14-26)23(25-27)21-10-6-18(2)7-11-21/h4-11,16,19H,12-15H2,1-3H3. The quantitative estimate of drug-likeness (QED) is 0.676. The third-order valence-electron chi connectivity index (χ3n) is 5.31. The number of benzene rings is 2. The minimum atomic E-state index is 0.0193. The Morgan fingerprint density at radius 1 is 1.07 bits per heavy atom. The van der Waals surface area contributed by atoms with Gasteiger partial charge in [-0.1, -0.05) is 59.7 Å². The second kappa shape index (κ2) is 8.21. The minimum Gasteiger partial charge on any atom is -0.375 e. The van der Waals surface area contributed by atoms with E-state index < -0.39 is 0 Å². The van der Waals surface area contributed by atoms with Gasteiger partial charge in [0.05, 0.1) is 24.8 Å². The third-order valence-corrected chi connectivity index (χ3v) is 5.31. The Balaban J connectivity index is 1.69. The lowest BCUT2D eigenvalue weighted by atomic mass is 10.1. The lowest BCUT2D eigenvalue weighted by Gasteiger charge is -2.31. The van der Waals surface area contributed by atoms with Crippen LogP contribution in [0.2, 0.25) is 0 Å². The fraction of sp³-hybridized carbons (Fsp3) is 0.333. The van der Waals surface area contributed by atoms with Gasteiger partial charge in [0.15, 0.2) is 0 Å². The first kappa shape index (κ1) is 19.4. The monoisotopic (exact) mass is 389 g/mol. The van der Waals surface area contributed by atoms with Crippen molar-refractivity contribution in [2.45, 2.75) is 33.4 Å². The van der Waals surface area contributed by atoms with Gasteiger partial charge >= 0.3 is 0 Å². The number of nitrogens with zero attached hydrogens (tertiary/aromatic N) is 3. The second-order valence-corrected chi connectivity index (χ2v) is 7.87. The van der Waals surface area contributed by atoms with Crippen molar-refractivity contribution in [3.05, 3.63) is 77.0 Å². The predicted molar refractivity (Wildman–Crippen MR) is 114 cm³/mol. The molecule has 1 amide bonds. The fourth-order valence-corrected chi connectivity index (χ4v) is 3.64. The van der Waals surface area contributed by atoms with E-state index in [2.05, 4.69) is 50.2 Å². The number of aryl methyl sites for hydroxylation is 2. The first-order chi connectivity index (χ1) is 14.0. The van der Waals surface area contributed by atoms with Gasteiger partial charge in [0, 0.05) is 24.8 Å². The maximum Gasteiger partial charge on any atom is 0.257 e. The Kier molecular flexibility index (Phi) is 5.49. The van der Waals surface area contributed by atoms with Crippen molar-refractivity contribution in [3.8, 4) is 11.3 Å². The summed E-state index contributed by atoms with van der Waals surface area (Å²) in [5.74, 6) is 0.0193. The number of amides is 1. The Labute approximate surface area is 171 Å². The number of aromatic nitrogens is 2. The predicted octanol–water partition coefficient (Wildman–Crippen LogP) is 4.08. The molecule has 4 rings (SSSR count). The zero-order valence-corrected chi connectivity index (χ0v) is 17.3. The molecule has 150 valence electrons. The van der Waals surface area contributed by atoms with Gasteiger partial charge in [-0.25, -0.2) is 0 Å². The number of carbonyl (C=O) groups excluding carboxylic acids is 1. The van der Waals surface area contributed by atoms with Crippen LogP contribution in [0.5, 0.6) is 0 Å². The van der Waals surface area contributed by atoms with Gasteiger partial charge < -0.3 is 9.64 Å². The second-order valence-electron chi connectivity index (χ2n) is 7.87. The van der Waals surface area contributed by atoms with Crippen LogP contribution in [0.15, 0.2) is 54.7 Å². The fourth-order valence-electron chi connectivity index (χ4n) is 3.64. The van der Waals surface area contributed by atoms with Crippen molar-refractivity contribution in [2.75, 3.05) is 19.7 Å². The lowest BCUT2D eigenvalue weighted by Crippen LogP contribution is -2.44. The molecular weight excluding hydrogens is 362 g/mol. The molecule has 5 heteroatoms. The summed E-state index contributed by atoms with van der Waals surface area (Å²) in [7, 11) is 0. The van der Waals surface area contributed by atoms with Gasteiger partial charge in [-0.15, -0.1) is 0 Å². The molecule has 1 aromatic heterocycles. The normalized spacial score (nSPS) is 16.8. The van der Waals surface area contributed by atoms with Gasteiger partial charge in [-0.3, -0.25) is 9.48 Å². The zero-order valence-electron chi connectivity index (χ0n) is 17.3. The van der Waals surface area contributed by atoms with Crippen LogP contribution in [0.1, 0.15) is 34.0 Å². The van der Waals surface area contributed by atoms with Crippen LogP contribution in [0.3, 0.4) is 0 Å². The van der Waals surface area contributed by atoms with Gasteiger partial charge in [0.1, 0.15) is 5.69 Å². The van der Waals surface area contributed by atoms with Crippen LogP contribution in [-0.2, 0) is 11.3 Å². The largest absolute Gasteiger partial charge is 0.375 e. The first-order valence-electron chi connectivity index (χ1n) is 10.1. The van der Waals surface area contributed by atoms with Crippen molar-refractivity contribution in [1.29, 1.82) is 0 Å². The minimum absolute atomic E-state index is 0.0193. The SMILES string of the molecule is Cc1ccc(Cn2cc(C(=O)N3CCOC(C)C3)c(-c3ccc(C)cc3)n2)cc1. The number of hydrogen-bond donors (Lipinski definition) is 0. The van der Waals surface area contributed by atoms with E-state index in [9.17, 15) is 4.79 Å². The number of morpholine rings is 1. The van der Waals surface area contributed by atoms with Crippen molar-refractivity contribution < 1.29 is 9.53 Å². The number of carbonyl (C=O) groups is 1. The molecule has 3 aromatic rings. The summed E-state index contributed by atoms with van der Waals surface area (Å²) in [5.41, 5.74) is 5.92. The molecule has 1 unspecified atom stereocenters. The smallest absolute Gasteiger partial charge is 0.257 e. The highest BCUT2D eigenvalue weighted by molar-refractivity contribution is 5.99. The van der Waals surface area contributed by atoms with E-state index in [1.165, 1.54) is 11.1 Å². The Bertz CT molecular complexity index is 990. The molecule has 0 bridgehead atoms. The van der Waals surface area contributed by atoms with Crippen molar-refractivity contribution in [2.24, 2.45) is 0 Å². The molecule has 2 heterocycles. The van der Waals surface area contributed by atoms with Gasteiger partial charge in [-0.2, -0.15) is 5.10 Å². The topological polar surface area (TPSA) is 47.4 Å². The molecule has 0 aliphatic carbocycles. The molecule has 0 radical (unpaired) electrons. The van der Waals surface area contributed by atoms with Crippen molar-refractivity contribution in [3.63, 3.8) is 0 Å². The Morgan fingerprint density at radius 2 is 1.72 bits per heavy atom. The van der Waals surface area contributed by atoms with Gasteiger partial charge in [0.25, 0.3) is 5.91 Å². The molecule has 5 nitrogen and oxygen atoms in total. The molecule has 0 spiro atoms. The highest BCUT2D eigenvalue weighted by Crippen LogP contribution is 2.25. The van der Waals surface area contributed by atoms with Crippen LogP contribution in [0, 0.1) is 13.8 Å². The van der Waals surface area contributed by atoms with Crippen LogP contribution < -0.4 is 0 Å². The average Bonchev–Trinajstić information content (AvgIpc) is 3.13. The summed E-state index contributed by atoms with van der Waals surface area (Å²) >= 11 is 0. The summed E-state index contributed by atoms with van der Waals surface area (Å²) in [4.78, 5) is 15.2. The molecule has 1 saturated heterocycles. The van der Waals surface area contributed by atoms with E-state index in [-0.39, 0.29) is 12.0 Å². The number of hydrogen-bond acceptors (Lipinski definition) is 3. The molecule has 0 N–H and O–H groups in total. The van der Waals surface area contributed by atoms with E-state index in [1.807, 2.05) is 34.8 Å². The van der Waals surface area contributed by atoms with Gasteiger partial charge in [0.2, 0.25) is 0 Å². The average molecular weight is 389 g/mol. The highest BCUT2D eigenvalue weighted by Gasteiger charge is 2.26. The molecule has 0 saturated carbocycles. The maximum absolute atomic E-state index is 13.3. The van der Waals surface area contributed by atoms with Crippen molar-refractivity contribution >= 4 is 5.91 Å². The van der Waals surface area contributed by atoms with E-state index in [0.717, 1.165) is 16.8 Å². The van der Waals surface area contributed by atoms with Crippen LogP contribution in [0.25, 0.3) is 11.3 Å². The Morgan fingerprint density at radius 3 is 2.38 bits per heavy atom. The summed E-state index contributed by atoms with van der Waals surface area (Å²) < 4.78 is 7.47. The molecule has 1 aliphatic rings. The van der Waals surface area contributed by atoms with Gasteiger partial charge in [-0.05, 0) is 26.3 Å². The van der Waals surface area contributed by atoms with E-state index in [4.69, 9.17) is 9.84 Å². The third kappa shape index (κ3) is 4.40. The lowest BCUT2D eigenvalue weighted by molar-refractivity contribution is -0.0123. The molecule has 1 fully saturated rings. The highest BCUT2D eigenvalue weighted by atomic mass is 16.5. The molecule has 2 aromatic carbocycles. The zero-order chi connectivity index (χ0) is 20.4. The molecule has 1 atom stereocenters. The summed E-state index contributed by atoms with van der Waals surface area (Å²) in [6, 6.07) is 16.6. The number of rotatable bonds is 4. The summed E-state index contributed by atoms with van der Waals surface area (Å²) in [6.45, 7) is 8.56. The summed E-state index contributed by atoms with van der Waals surface area (Å²) in [6.07, 6.45) is 1.94. The molecule has 29 heavy (non-hydrogen) atoms. The maximum atomic E-state index is 13.3. The van der Waals surface area contributed by atoms with E-state index >= 15 is 0 Å². The first-order valence-corrected chi connectivity index (χ1v) is 10.1. The van der Waals surface area contributed by atoms with Crippen LogP contribution in [0.4, 0.5) is 0 Å². The molecule has 1 aliphatic heterocycles. The molecular formula is C24H27N3O2. The van der Waals surface area contributed by atoms with E-state index in [1.54, 1.807) is 0 Å². The Hall–Kier alpha value is -2.92. The number of ether oxygens (including phenoxy) is 1. The van der Waals surface area contributed by atoms with Crippen LogP contribution >= 0.6 is 0 Å². The van der Waals surface area contributed by atoms with Crippen molar-refractivity contribution in [1.82, 2.24) is 14.7 Å².